The third-order valence-electron chi connectivity index (χ3n) is 6.81. The van der Waals surface area contributed by atoms with Gasteiger partial charge >= 0.3 is 0 Å². The summed E-state index contributed by atoms with van der Waals surface area (Å²) >= 11 is 0. The molecular weight excluding hydrogens is 466 g/mol. The number of nitriles is 1. The molecule has 5 rings (SSSR count). The first-order chi connectivity index (χ1) is 17.8. The van der Waals surface area contributed by atoms with Crippen molar-refractivity contribution in [3.05, 3.63) is 47.7 Å². The molecule has 1 aliphatic heterocycles. The van der Waals surface area contributed by atoms with E-state index < -0.39 is 0 Å². The number of nitrogens with zero attached hydrogens (tertiary/aromatic N) is 6. The third-order valence-corrected chi connectivity index (χ3v) is 6.81. The minimum Gasteiger partial charge on any atom is -0.492 e. The second kappa shape index (κ2) is 9.69. The lowest BCUT2D eigenvalue weighted by Crippen LogP contribution is -2.38. The fourth-order valence-electron chi connectivity index (χ4n) is 4.72. The Balaban J connectivity index is 1.48. The average molecular weight is 498 g/mol. The van der Waals surface area contributed by atoms with Crippen LogP contribution in [0.1, 0.15) is 44.0 Å². The molecule has 0 atom stereocenters. The number of hydrogen-bond acceptors (Lipinski definition) is 9. The van der Waals surface area contributed by atoms with Gasteiger partial charge in [0.25, 0.3) is 0 Å². The van der Waals surface area contributed by atoms with Gasteiger partial charge in [-0.05, 0) is 64.8 Å². The molecule has 0 saturated carbocycles. The molecule has 4 aromatic rings. The Labute approximate surface area is 216 Å². The van der Waals surface area contributed by atoms with Gasteiger partial charge in [0.2, 0.25) is 5.95 Å². The fraction of sp³-hybridized carbons (Fsp3) is 0.393. The van der Waals surface area contributed by atoms with Crippen molar-refractivity contribution in [1.29, 1.82) is 5.26 Å². The molecule has 1 aromatic carbocycles. The van der Waals surface area contributed by atoms with Crippen LogP contribution in [-0.2, 0) is 0 Å². The number of oxazole rings is 1. The number of piperidine rings is 1. The molecule has 3 aromatic heterocycles. The normalized spacial score (nSPS) is 15.0. The molecular formula is C28H31N7O2. The zero-order chi connectivity index (χ0) is 26.2. The highest BCUT2D eigenvalue weighted by Crippen LogP contribution is 2.36. The number of pyridine rings is 1. The van der Waals surface area contributed by atoms with Gasteiger partial charge in [-0.25, -0.2) is 19.9 Å². The van der Waals surface area contributed by atoms with Gasteiger partial charge in [-0.2, -0.15) is 5.26 Å². The maximum atomic E-state index is 9.52. The second-order valence-electron chi connectivity index (χ2n) is 9.79. The SMILES string of the molecule is CCOc1cc(-c2oc(C)nc2C)ccc1Nc1ncc2cc(C)nc(N3CCC(C)(C#N)CC3)c2n1. The van der Waals surface area contributed by atoms with Crippen molar-refractivity contribution >= 4 is 28.4 Å². The van der Waals surface area contributed by atoms with E-state index in [2.05, 4.69) is 26.3 Å². The molecule has 0 aliphatic carbocycles. The van der Waals surface area contributed by atoms with Crippen molar-refractivity contribution in [2.45, 2.75) is 47.5 Å². The number of ether oxygens (including phenoxy) is 1. The van der Waals surface area contributed by atoms with Crippen molar-refractivity contribution in [3.8, 4) is 23.1 Å². The number of rotatable bonds is 6. The van der Waals surface area contributed by atoms with Crippen LogP contribution in [0.15, 0.2) is 34.9 Å². The van der Waals surface area contributed by atoms with Crippen molar-refractivity contribution in [2.75, 3.05) is 29.9 Å². The quantitative estimate of drug-likeness (QED) is 0.349. The van der Waals surface area contributed by atoms with Crippen molar-refractivity contribution in [1.82, 2.24) is 19.9 Å². The molecule has 9 nitrogen and oxygen atoms in total. The molecule has 0 bridgehead atoms. The molecule has 0 radical (unpaired) electrons. The molecule has 1 aliphatic rings. The van der Waals surface area contributed by atoms with E-state index in [0.717, 1.165) is 71.1 Å². The summed E-state index contributed by atoms with van der Waals surface area (Å²) in [5.41, 5.74) is 3.88. The van der Waals surface area contributed by atoms with Gasteiger partial charge in [0.15, 0.2) is 17.5 Å². The molecule has 1 fully saturated rings. The summed E-state index contributed by atoms with van der Waals surface area (Å²) in [5, 5.41) is 13.8. The number of aromatic nitrogens is 4. The lowest BCUT2D eigenvalue weighted by molar-refractivity contribution is 0.336. The highest BCUT2D eigenvalue weighted by Gasteiger charge is 2.31. The summed E-state index contributed by atoms with van der Waals surface area (Å²) in [6.45, 7) is 11.8. The van der Waals surface area contributed by atoms with E-state index in [9.17, 15) is 5.26 Å². The molecule has 0 amide bonds. The highest BCUT2D eigenvalue weighted by atomic mass is 16.5. The van der Waals surface area contributed by atoms with E-state index in [4.69, 9.17) is 19.1 Å². The molecule has 9 heteroatoms. The average Bonchev–Trinajstić information content (AvgIpc) is 3.23. The molecule has 0 unspecified atom stereocenters. The Morgan fingerprint density at radius 1 is 1.14 bits per heavy atom. The lowest BCUT2D eigenvalue weighted by atomic mass is 9.82. The van der Waals surface area contributed by atoms with Crippen LogP contribution in [0.4, 0.5) is 17.5 Å². The molecule has 1 N–H and O–H groups in total. The molecule has 4 heterocycles. The first kappa shape index (κ1) is 24.5. The monoisotopic (exact) mass is 497 g/mol. The van der Waals surface area contributed by atoms with Crippen LogP contribution < -0.4 is 15.0 Å². The van der Waals surface area contributed by atoms with E-state index in [-0.39, 0.29) is 5.41 Å². The number of hydrogen-bond donors (Lipinski definition) is 1. The van der Waals surface area contributed by atoms with Crippen LogP contribution in [0.25, 0.3) is 22.2 Å². The highest BCUT2D eigenvalue weighted by molar-refractivity contribution is 5.89. The van der Waals surface area contributed by atoms with Gasteiger partial charge in [0.05, 0.1) is 29.5 Å². The zero-order valence-electron chi connectivity index (χ0n) is 21.9. The third kappa shape index (κ3) is 4.92. The van der Waals surface area contributed by atoms with Crippen molar-refractivity contribution in [2.24, 2.45) is 5.41 Å². The number of anilines is 3. The molecule has 0 spiro atoms. The molecule has 190 valence electrons. The minimum atomic E-state index is -0.289. The smallest absolute Gasteiger partial charge is 0.227 e. The standard InChI is InChI=1S/C28H31N7O2/c1-6-36-23-14-20(25-18(3)32-19(4)37-25)7-8-22(23)33-27-30-15-21-13-17(2)31-26(24(21)34-27)35-11-9-28(5,16-29)10-12-35/h7-8,13-15H,6,9-12H2,1-5H3,(H,30,33,34). The summed E-state index contributed by atoms with van der Waals surface area (Å²) in [4.78, 5) is 20.9. The van der Waals surface area contributed by atoms with E-state index in [1.54, 1.807) is 0 Å². The Kier molecular flexibility index (Phi) is 6.42. The second-order valence-corrected chi connectivity index (χ2v) is 9.79. The topological polar surface area (TPSA) is 113 Å². The first-order valence-corrected chi connectivity index (χ1v) is 12.6. The maximum Gasteiger partial charge on any atom is 0.227 e. The minimum absolute atomic E-state index is 0.289. The van der Waals surface area contributed by atoms with Crippen LogP contribution in [0, 0.1) is 37.5 Å². The lowest BCUT2D eigenvalue weighted by Gasteiger charge is -2.36. The fourth-order valence-corrected chi connectivity index (χ4v) is 4.72. The molecule has 1 saturated heterocycles. The first-order valence-electron chi connectivity index (χ1n) is 12.6. The van der Waals surface area contributed by atoms with Gasteiger partial charge in [-0.1, -0.05) is 0 Å². The van der Waals surface area contributed by atoms with Gasteiger partial charge in [-0.15, -0.1) is 0 Å². The Bertz CT molecular complexity index is 1500. The van der Waals surface area contributed by atoms with Gasteiger partial charge in [-0.3, -0.25) is 0 Å². The summed E-state index contributed by atoms with van der Waals surface area (Å²) in [5.74, 6) is 3.32. The van der Waals surface area contributed by atoms with Crippen LogP contribution in [0.2, 0.25) is 0 Å². The van der Waals surface area contributed by atoms with Crippen LogP contribution in [0.5, 0.6) is 5.75 Å². The summed E-state index contributed by atoms with van der Waals surface area (Å²) in [7, 11) is 0. The van der Waals surface area contributed by atoms with Gasteiger partial charge in [0.1, 0.15) is 11.3 Å². The van der Waals surface area contributed by atoms with Crippen molar-refractivity contribution in [3.63, 3.8) is 0 Å². The number of nitrogens with one attached hydrogen (secondary N) is 1. The predicted molar refractivity (Wildman–Crippen MR) is 143 cm³/mol. The van der Waals surface area contributed by atoms with E-state index in [0.29, 0.717) is 24.2 Å². The number of benzene rings is 1. The number of fused-ring (bicyclic) bond motifs is 1. The van der Waals surface area contributed by atoms with E-state index in [1.165, 1.54) is 0 Å². The Morgan fingerprint density at radius 2 is 1.92 bits per heavy atom. The summed E-state index contributed by atoms with van der Waals surface area (Å²) in [6, 6.07) is 10.3. The van der Waals surface area contributed by atoms with E-state index >= 15 is 0 Å². The number of aryl methyl sites for hydroxylation is 3. The van der Waals surface area contributed by atoms with Gasteiger partial charge < -0.3 is 19.4 Å². The van der Waals surface area contributed by atoms with Crippen LogP contribution in [0.3, 0.4) is 0 Å². The largest absolute Gasteiger partial charge is 0.492 e. The Hall–Kier alpha value is -4.19. The van der Waals surface area contributed by atoms with Gasteiger partial charge in [0, 0.05) is 42.9 Å². The summed E-state index contributed by atoms with van der Waals surface area (Å²) < 4.78 is 11.7. The Morgan fingerprint density at radius 3 is 2.59 bits per heavy atom. The van der Waals surface area contributed by atoms with Crippen LogP contribution in [-0.4, -0.2) is 39.6 Å². The van der Waals surface area contributed by atoms with Crippen LogP contribution >= 0.6 is 0 Å². The van der Waals surface area contributed by atoms with E-state index in [1.807, 2.05) is 65.1 Å². The van der Waals surface area contributed by atoms with Crippen molar-refractivity contribution < 1.29 is 9.15 Å². The predicted octanol–water partition coefficient (Wildman–Crippen LogP) is 5.88. The molecule has 37 heavy (non-hydrogen) atoms. The zero-order valence-corrected chi connectivity index (χ0v) is 21.9. The summed E-state index contributed by atoms with van der Waals surface area (Å²) in [6.07, 6.45) is 3.41. The maximum absolute atomic E-state index is 9.52.